The van der Waals surface area contributed by atoms with Gasteiger partial charge in [0.25, 0.3) is 0 Å². The molecule has 0 amide bonds. The van der Waals surface area contributed by atoms with E-state index in [0.29, 0.717) is 17.4 Å². The van der Waals surface area contributed by atoms with Crippen LogP contribution in [0.4, 0.5) is 11.5 Å². The number of pyridine rings is 1. The molecule has 102 valence electrons. The second-order valence-electron chi connectivity index (χ2n) is 5.09. The molecule has 0 aromatic carbocycles. The van der Waals surface area contributed by atoms with Crippen molar-refractivity contribution >= 4 is 11.5 Å². The van der Waals surface area contributed by atoms with E-state index in [9.17, 15) is 0 Å². The van der Waals surface area contributed by atoms with Gasteiger partial charge in [-0.25, -0.2) is 4.98 Å². The number of nitrogens with two attached hydrogens (primary N) is 1. The first-order valence-corrected chi connectivity index (χ1v) is 6.77. The van der Waals surface area contributed by atoms with Gasteiger partial charge in [0.1, 0.15) is 11.9 Å². The normalized spacial score (nSPS) is 20.9. The fourth-order valence-corrected chi connectivity index (χ4v) is 2.60. The summed E-state index contributed by atoms with van der Waals surface area (Å²) in [5, 5.41) is 9.04. The van der Waals surface area contributed by atoms with Crippen molar-refractivity contribution in [3.63, 3.8) is 0 Å². The van der Waals surface area contributed by atoms with E-state index in [1.807, 2.05) is 6.07 Å². The molecule has 2 N–H and O–H groups in total. The summed E-state index contributed by atoms with van der Waals surface area (Å²) >= 11 is 0. The lowest BCUT2D eigenvalue weighted by atomic mass is 10.1. The van der Waals surface area contributed by atoms with Crippen molar-refractivity contribution in [2.45, 2.75) is 25.8 Å². The van der Waals surface area contributed by atoms with Gasteiger partial charge in [-0.15, -0.1) is 0 Å². The van der Waals surface area contributed by atoms with Crippen LogP contribution in [0.1, 0.15) is 25.5 Å². The van der Waals surface area contributed by atoms with Gasteiger partial charge < -0.3 is 15.5 Å². The third-order valence-electron chi connectivity index (χ3n) is 3.69. The molecule has 5 nitrogen and oxygen atoms in total. The zero-order valence-corrected chi connectivity index (χ0v) is 11.6. The van der Waals surface area contributed by atoms with Gasteiger partial charge >= 0.3 is 0 Å². The molecule has 1 fully saturated rings. The molecule has 1 unspecified atom stereocenters. The number of anilines is 2. The summed E-state index contributed by atoms with van der Waals surface area (Å²) < 4.78 is 0. The fraction of sp³-hybridized carbons (Fsp3) is 0.571. The first-order valence-electron chi connectivity index (χ1n) is 6.77. The first kappa shape index (κ1) is 13.6. The molecule has 2 heterocycles. The van der Waals surface area contributed by atoms with Crippen LogP contribution >= 0.6 is 0 Å². The SMILES string of the molecule is CCC1CN(C)CCCN1c1ccc(N)c(C#N)n1. The Hall–Kier alpha value is -1.80. The molecule has 0 radical (unpaired) electrons. The summed E-state index contributed by atoms with van der Waals surface area (Å²) in [5.41, 5.74) is 6.51. The Morgan fingerprint density at radius 1 is 1.47 bits per heavy atom. The van der Waals surface area contributed by atoms with Crippen molar-refractivity contribution in [2.75, 3.05) is 37.3 Å². The van der Waals surface area contributed by atoms with E-state index < -0.39 is 0 Å². The Kier molecular flexibility index (Phi) is 4.23. The average Bonchev–Trinajstić information content (AvgIpc) is 2.60. The maximum Gasteiger partial charge on any atom is 0.165 e. The average molecular weight is 259 g/mol. The van der Waals surface area contributed by atoms with Crippen LogP contribution in [-0.2, 0) is 0 Å². The van der Waals surface area contributed by atoms with Crippen molar-refractivity contribution in [3.05, 3.63) is 17.8 Å². The Balaban J connectivity index is 2.30. The highest BCUT2D eigenvalue weighted by Gasteiger charge is 2.23. The molecular formula is C14H21N5. The van der Waals surface area contributed by atoms with E-state index in [1.54, 1.807) is 6.07 Å². The van der Waals surface area contributed by atoms with Crippen LogP contribution in [0.5, 0.6) is 0 Å². The molecule has 5 heteroatoms. The Morgan fingerprint density at radius 2 is 2.26 bits per heavy atom. The molecule has 1 aliphatic rings. The predicted molar refractivity (Wildman–Crippen MR) is 76.9 cm³/mol. The van der Waals surface area contributed by atoms with E-state index in [-0.39, 0.29) is 0 Å². The highest BCUT2D eigenvalue weighted by atomic mass is 15.3. The Morgan fingerprint density at radius 3 is 2.95 bits per heavy atom. The zero-order chi connectivity index (χ0) is 13.8. The van der Waals surface area contributed by atoms with E-state index in [0.717, 1.165) is 38.3 Å². The van der Waals surface area contributed by atoms with Crippen molar-refractivity contribution in [3.8, 4) is 6.07 Å². The second-order valence-corrected chi connectivity index (χ2v) is 5.09. The van der Waals surface area contributed by atoms with Gasteiger partial charge in [0.15, 0.2) is 5.69 Å². The smallest absolute Gasteiger partial charge is 0.165 e. The van der Waals surface area contributed by atoms with Crippen molar-refractivity contribution in [1.29, 1.82) is 5.26 Å². The molecule has 2 rings (SSSR count). The van der Waals surface area contributed by atoms with Crippen LogP contribution in [0.2, 0.25) is 0 Å². The van der Waals surface area contributed by atoms with Crippen molar-refractivity contribution in [2.24, 2.45) is 0 Å². The summed E-state index contributed by atoms with van der Waals surface area (Å²) in [6.45, 7) is 5.31. The maximum absolute atomic E-state index is 9.04. The Labute approximate surface area is 114 Å². The predicted octanol–water partition coefficient (Wildman–Crippen LogP) is 1.46. The van der Waals surface area contributed by atoms with Crippen LogP contribution < -0.4 is 10.6 Å². The van der Waals surface area contributed by atoms with Crippen molar-refractivity contribution in [1.82, 2.24) is 9.88 Å². The minimum absolute atomic E-state index is 0.324. The number of nitrogen functional groups attached to an aromatic ring is 1. The Bertz CT molecular complexity index is 479. The quantitative estimate of drug-likeness (QED) is 0.870. The number of likely N-dealkylation sites (N-methyl/N-ethyl adjacent to an activating group) is 1. The molecule has 1 aromatic rings. The minimum atomic E-state index is 0.324. The van der Waals surface area contributed by atoms with Gasteiger partial charge in [-0.1, -0.05) is 6.92 Å². The molecule has 1 aliphatic heterocycles. The fourth-order valence-electron chi connectivity index (χ4n) is 2.60. The van der Waals surface area contributed by atoms with Gasteiger partial charge in [0, 0.05) is 19.1 Å². The lowest BCUT2D eigenvalue weighted by Gasteiger charge is -2.31. The van der Waals surface area contributed by atoms with E-state index in [1.165, 1.54) is 0 Å². The summed E-state index contributed by atoms with van der Waals surface area (Å²) in [6, 6.07) is 6.20. The largest absolute Gasteiger partial charge is 0.396 e. The molecule has 19 heavy (non-hydrogen) atoms. The van der Waals surface area contributed by atoms with Gasteiger partial charge in [-0.3, -0.25) is 0 Å². The molecule has 0 spiro atoms. The van der Waals surface area contributed by atoms with Crippen LogP contribution in [-0.4, -0.2) is 42.6 Å². The van der Waals surface area contributed by atoms with Gasteiger partial charge in [-0.05, 0) is 38.6 Å². The summed E-state index contributed by atoms with van der Waals surface area (Å²) in [6.07, 6.45) is 2.18. The van der Waals surface area contributed by atoms with Gasteiger partial charge in [-0.2, -0.15) is 5.26 Å². The number of aromatic nitrogens is 1. The number of nitrogens with zero attached hydrogens (tertiary/aromatic N) is 4. The second kappa shape index (κ2) is 5.89. The number of nitriles is 1. The summed E-state index contributed by atoms with van der Waals surface area (Å²) in [5.74, 6) is 0.868. The summed E-state index contributed by atoms with van der Waals surface area (Å²) in [7, 11) is 2.16. The number of hydrogen-bond acceptors (Lipinski definition) is 5. The number of hydrogen-bond donors (Lipinski definition) is 1. The molecule has 1 atom stereocenters. The first-order chi connectivity index (χ1) is 9.15. The third-order valence-corrected chi connectivity index (χ3v) is 3.69. The molecule has 1 saturated heterocycles. The minimum Gasteiger partial charge on any atom is -0.396 e. The number of rotatable bonds is 2. The van der Waals surface area contributed by atoms with Crippen molar-refractivity contribution < 1.29 is 0 Å². The maximum atomic E-state index is 9.04. The molecule has 0 bridgehead atoms. The van der Waals surface area contributed by atoms with Gasteiger partial charge in [0.05, 0.1) is 5.69 Å². The molecule has 0 aliphatic carbocycles. The van der Waals surface area contributed by atoms with E-state index in [2.05, 4.69) is 34.8 Å². The van der Waals surface area contributed by atoms with E-state index in [4.69, 9.17) is 11.0 Å². The lowest BCUT2D eigenvalue weighted by Crippen LogP contribution is -2.40. The lowest BCUT2D eigenvalue weighted by molar-refractivity contribution is 0.327. The molecule has 1 aromatic heterocycles. The van der Waals surface area contributed by atoms with Crippen LogP contribution in [0.15, 0.2) is 12.1 Å². The van der Waals surface area contributed by atoms with Crippen LogP contribution in [0, 0.1) is 11.3 Å². The standard InChI is InChI=1S/C14H21N5/c1-3-11-10-18(2)7-4-8-19(11)14-6-5-12(16)13(9-15)17-14/h5-6,11H,3-4,7-8,10,16H2,1-2H3. The van der Waals surface area contributed by atoms with Crippen LogP contribution in [0.25, 0.3) is 0 Å². The van der Waals surface area contributed by atoms with Gasteiger partial charge in [0.2, 0.25) is 0 Å². The summed E-state index contributed by atoms with van der Waals surface area (Å²) in [4.78, 5) is 9.07. The van der Waals surface area contributed by atoms with E-state index >= 15 is 0 Å². The third kappa shape index (κ3) is 2.96. The zero-order valence-electron chi connectivity index (χ0n) is 11.6. The topological polar surface area (TPSA) is 69.2 Å². The van der Waals surface area contributed by atoms with Crippen LogP contribution in [0.3, 0.4) is 0 Å². The molecule has 0 saturated carbocycles. The highest BCUT2D eigenvalue weighted by molar-refractivity contribution is 5.55. The highest BCUT2D eigenvalue weighted by Crippen LogP contribution is 2.22. The molecular weight excluding hydrogens is 238 g/mol. The monoisotopic (exact) mass is 259 g/mol.